The molecule has 0 spiro atoms. The van der Waals surface area contributed by atoms with E-state index in [4.69, 9.17) is 9.63 Å². The Bertz CT molecular complexity index is 694. The van der Waals surface area contributed by atoms with Crippen molar-refractivity contribution in [1.82, 2.24) is 9.88 Å². The Hall–Kier alpha value is -2.19. The van der Waals surface area contributed by atoms with E-state index in [0.717, 1.165) is 0 Å². The third kappa shape index (κ3) is 3.90. The SMILES string of the molecule is O=C(O)c1cccc(CS(=O)(=O)NCc2ccno2)c1. The van der Waals surface area contributed by atoms with Crippen LogP contribution in [-0.2, 0) is 22.3 Å². The van der Waals surface area contributed by atoms with Crippen LogP contribution in [0.3, 0.4) is 0 Å². The van der Waals surface area contributed by atoms with Crippen LogP contribution >= 0.6 is 0 Å². The van der Waals surface area contributed by atoms with Crippen molar-refractivity contribution in [2.45, 2.75) is 12.3 Å². The first-order valence-corrected chi connectivity index (χ1v) is 7.31. The van der Waals surface area contributed by atoms with Crippen molar-refractivity contribution in [1.29, 1.82) is 0 Å². The van der Waals surface area contributed by atoms with E-state index in [2.05, 4.69) is 9.88 Å². The first kappa shape index (κ1) is 14.2. The Morgan fingerprint density at radius 2 is 2.15 bits per heavy atom. The number of carboxylic acid groups (broad SMARTS) is 1. The Labute approximate surface area is 115 Å². The number of rotatable bonds is 6. The van der Waals surface area contributed by atoms with E-state index in [-0.39, 0.29) is 17.9 Å². The van der Waals surface area contributed by atoms with Crippen molar-refractivity contribution >= 4 is 16.0 Å². The van der Waals surface area contributed by atoms with Gasteiger partial charge in [-0.15, -0.1) is 0 Å². The third-order valence-corrected chi connectivity index (χ3v) is 3.79. The zero-order chi connectivity index (χ0) is 14.6. The highest BCUT2D eigenvalue weighted by molar-refractivity contribution is 7.88. The van der Waals surface area contributed by atoms with Gasteiger partial charge in [-0.2, -0.15) is 0 Å². The number of nitrogens with zero attached hydrogens (tertiary/aromatic N) is 1. The van der Waals surface area contributed by atoms with Crippen LogP contribution in [0.1, 0.15) is 21.7 Å². The zero-order valence-corrected chi connectivity index (χ0v) is 11.1. The molecule has 2 rings (SSSR count). The van der Waals surface area contributed by atoms with Crippen LogP contribution in [0.15, 0.2) is 41.1 Å². The van der Waals surface area contributed by atoms with Gasteiger partial charge in [0.2, 0.25) is 10.0 Å². The minimum absolute atomic E-state index is 0.000947. The van der Waals surface area contributed by atoms with Crippen LogP contribution in [0.4, 0.5) is 0 Å². The second kappa shape index (κ2) is 5.85. The quantitative estimate of drug-likeness (QED) is 0.822. The average molecular weight is 296 g/mol. The van der Waals surface area contributed by atoms with Crippen LogP contribution in [0.5, 0.6) is 0 Å². The monoisotopic (exact) mass is 296 g/mol. The van der Waals surface area contributed by atoms with E-state index < -0.39 is 16.0 Å². The molecule has 1 aromatic heterocycles. The lowest BCUT2D eigenvalue weighted by Crippen LogP contribution is -2.24. The Kier molecular flexibility index (Phi) is 4.16. The Balaban J connectivity index is 2.04. The summed E-state index contributed by atoms with van der Waals surface area (Å²) in [6, 6.07) is 7.34. The summed E-state index contributed by atoms with van der Waals surface area (Å²) in [5, 5.41) is 12.3. The minimum Gasteiger partial charge on any atom is -0.478 e. The maximum atomic E-state index is 11.9. The summed E-state index contributed by atoms with van der Waals surface area (Å²) in [5.41, 5.74) is 0.447. The predicted molar refractivity (Wildman–Crippen MR) is 69.4 cm³/mol. The van der Waals surface area contributed by atoms with Gasteiger partial charge in [0.15, 0.2) is 5.76 Å². The van der Waals surface area contributed by atoms with Crippen LogP contribution in [0, 0.1) is 0 Å². The molecule has 0 atom stereocenters. The fraction of sp³-hybridized carbons (Fsp3) is 0.167. The number of aromatic nitrogens is 1. The molecule has 0 saturated heterocycles. The van der Waals surface area contributed by atoms with Gasteiger partial charge in [-0.1, -0.05) is 17.3 Å². The fourth-order valence-electron chi connectivity index (χ4n) is 1.58. The molecule has 0 aliphatic carbocycles. The molecule has 20 heavy (non-hydrogen) atoms. The van der Waals surface area contributed by atoms with E-state index in [0.29, 0.717) is 11.3 Å². The highest BCUT2D eigenvalue weighted by Crippen LogP contribution is 2.09. The van der Waals surface area contributed by atoms with E-state index in [1.165, 1.54) is 24.4 Å². The molecular weight excluding hydrogens is 284 g/mol. The highest BCUT2D eigenvalue weighted by atomic mass is 32.2. The number of benzene rings is 1. The van der Waals surface area contributed by atoms with Gasteiger partial charge in [-0.05, 0) is 17.7 Å². The van der Waals surface area contributed by atoms with Crippen molar-refractivity contribution in [3.8, 4) is 0 Å². The Morgan fingerprint density at radius 1 is 1.35 bits per heavy atom. The van der Waals surface area contributed by atoms with Crippen LogP contribution in [-0.4, -0.2) is 24.7 Å². The summed E-state index contributed by atoms with van der Waals surface area (Å²) >= 11 is 0. The maximum Gasteiger partial charge on any atom is 0.335 e. The van der Waals surface area contributed by atoms with Gasteiger partial charge in [0.25, 0.3) is 0 Å². The van der Waals surface area contributed by atoms with Crippen molar-refractivity contribution < 1.29 is 22.8 Å². The molecule has 0 bridgehead atoms. The summed E-state index contributed by atoms with van der Waals surface area (Å²) in [7, 11) is -3.58. The third-order valence-electron chi connectivity index (χ3n) is 2.49. The van der Waals surface area contributed by atoms with Gasteiger partial charge in [0.05, 0.1) is 24.1 Å². The smallest absolute Gasteiger partial charge is 0.335 e. The molecule has 0 aliphatic heterocycles. The molecule has 0 amide bonds. The molecular formula is C12H12N2O5S. The molecule has 2 N–H and O–H groups in total. The largest absolute Gasteiger partial charge is 0.478 e. The van der Waals surface area contributed by atoms with Crippen LogP contribution in [0.2, 0.25) is 0 Å². The lowest BCUT2D eigenvalue weighted by molar-refractivity contribution is 0.0696. The van der Waals surface area contributed by atoms with E-state index >= 15 is 0 Å². The molecule has 2 aromatic rings. The molecule has 0 aliphatic rings. The normalized spacial score (nSPS) is 11.4. The molecule has 0 radical (unpaired) electrons. The number of carboxylic acids is 1. The lowest BCUT2D eigenvalue weighted by atomic mass is 10.1. The lowest BCUT2D eigenvalue weighted by Gasteiger charge is -2.06. The predicted octanol–water partition coefficient (Wildman–Crippen LogP) is 0.992. The summed E-state index contributed by atoms with van der Waals surface area (Å²) < 4.78 is 30.8. The van der Waals surface area contributed by atoms with E-state index in [1.807, 2.05) is 0 Å². The molecule has 1 heterocycles. The van der Waals surface area contributed by atoms with Crippen molar-refractivity contribution in [3.63, 3.8) is 0 Å². The fourth-order valence-corrected chi connectivity index (χ4v) is 2.66. The molecule has 0 unspecified atom stereocenters. The maximum absolute atomic E-state index is 11.9. The van der Waals surface area contributed by atoms with Crippen LogP contribution in [0.25, 0.3) is 0 Å². The number of hydrogen-bond donors (Lipinski definition) is 2. The molecule has 8 heteroatoms. The van der Waals surface area contributed by atoms with Gasteiger partial charge in [0.1, 0.15) is 0 Å². The van der Waals surface area contributed by atoms with E-state index in [9.17, 15) is 13.2 Å². The molecule has 7 nitrogen and oxygen atoms in total. The van der Waals surface area contributed by atoms with Gasteiger partial charge in [0, 0.05) is 6.07 Å². The van der Waals surface area contributed by atoms with E-state index in [1.54, 1.807) is 12.1 Å². The first-order chi connectivity index (χ1) is 9.46. The second-order valence-corrected chi connectivity index (χ2v) is 5.87. The summed E-state index contributed by atoms with van der Waals surface area (Å²) in [6.45, 7) is 0.000947. The number of sulfonamides is 1. The summed E-state index contributed by atoms with van der Waals surface area (Å²) in [5.74, 6) is -1.01. The van der Waals surface area contributed by atoms with Crippen molar-refractivity contribution in [2.24, 2.45) is 0 Å². The highest BCUT2D eigenvalue weighted by Gasteiger charge is 2.13. The minimum atomic E-state index is -3.58. The number of hydrogen-bond acceptors (Lipinski definition) is 5. The molecule has 0 fully saturated rings. The summed E-state index contributed by atoms with van der Waals surface area (Å²) in [4.78, 5) is 10.8. The van der Waals surface area contributed by atoms with Gasteiger partial charge in [-0.25, -0.2) is 17.9 Å². The first-order valence-electron chi connectivity index (χ1n) is 5.65. The van der Waals surface area contributed by atoms with Gasteiger partial charge >= 0.3 is 5.97 Å². The van der Waals surface area contributed by atoms with Crippen LogP contribution < -0.4 is 4.72 Å². The Morgan fingerprint density at radius 3 is 2.80 bits per heavy atom. The number of nitrogens with one attached hydrogen (secondary N) is 1. The molecule has 0 saturated carbocycles. The average Bonchev–Trinajstić information content (AvgIpc) is 2.89. The second-order valence-electron chi connectivity index (χ2n) is 4.06. The molecule has 1 aromatic carbocycles. The van der Waals surface area contributed by atoms with Gasteiger partial charge < -0.3 is 9.63 Å². The molecule has 106 valence electrons. The van der Waals surface area contributed by atoms with Gasteiger partial charge in [-0.3, -0.25) is 0 Å². The standard InChI is InChI=1S/C12H12N2O5S/c15-12(16)10-3-1-2-9(6-10)8-20(17,18)14-7-11-4-5-13-19-11/h1-6,14H,7-8H2,(H,15,16). The van der Waals surface area contributed by atoms with Crippen molar-refractivity contribution in [2.75, 3.05) is 0 Å². The number of carbonyl (C=O) groups is 1. The zero-order valence-electron chi connectivity index (χ0n) is 10.3. The van der Waals surface area contributed by atoms with Crippen molar-refractivity contribution in [3.05, 3.63) is 53.4 Å². The number of aromatic carboxylic acids is 1. The summed E-state index contributed by atoms with van der Waals surface area (Å²) in [6.07, 6.45) is 1.42. The topological polar surface area (TPSA) is 110 Å².